The zero-order valence-corrected chi connectivity index (χ0v) is 15.1. The number of imidazole rings is 1. The summed E-state index contributed by atoms with van der Waals surface area (Å²) in [6.07, 6.45) is 0. The van der Waals surface area contributed by atoms with Crippen LogP contribution in [0.25, 0.3) is 11.0 Å². The predicted molar refractivity (Wildman–Crippen MR) is 98.9 cm³/mol. The smallest absolute Gasteiger partial charge is 0.181 e. The van der Waals surface area contributed by atoms with Crippen LogP contribution in [0, 0.1) is 21.9 Å². The molecule has 25 heavy (non-hydrogen) atoms. The Hall–Kier alpha value is -2.49. The largest absolute Gasteiger partial charge is 0.320 e. The fourth-order valence-corrected chi connectivity index (χ4v) is 3.20. The molecule has 0 unspecified atom stereocenters. The van der Waals surface area contributed by atoms with Crippen molar-refractivity contribution in [1.29, 1.82) is 5.26 Å². The minimum atomic E-state index is -0.348. The number of nitrogens with zero attached hydrogens (tertiary/aromatic N) is 4. The fourth-order valence-electron chi connectivity index (χ4n) is 2.95. The van der Waals surface area contributed by atoms with E-state index in [-0.39, 0.29) is 5.82 Å². The number of fused-ring (bicyclic) bond motifs is 1. The molecule has 0 saturated carbocycles. The van der Waals surface area contributed by atoms with Crippen LogP contribution in [-0.2, 0) is 20.3 Å². The molecule has 3 rings (SSSR count). The van der Waals surface area contributed by atoms with Crippen LogP contribution in [0.4, 0.5) is 4.39 Å². The monoisotopic (exact) mass is 354 g/mol. The van der Waals surface area contributed by atoms with Crippen molar-refractivity contribution < 1.29 is 4.39 Å². The van der Waals surface area contributed by atoms with E-state index in [0.29, 0.717) is 24.3 Å². The molecule has 0 fully saturated rings. The van der Waals surface area contributed by atoms with Crippen LogP contribution in [0.2, 0.25) is 0 Å². The number of aromatic nitrogens is 2. The molecule has 0 spiro atoms. The summed E-state index contributed by atoms with van der Waals surface area (Å²) >= 11 is 5.57. The third-order valence-corrected chi connectivity index (χ3v) is 4.91. The summed E-state index contributed by atoms with van der Waals surface area (Å²) in [4.78, 5) is 2.12. The van der Waals surface area contributed by atoms with Crippen LogP contribution < -0.4 is 0 Å². The molecule has 6 heteroatoms. The van der Waals surface area contributed by atoms with Gasteiger partial charge in [0.2, 0.25) is 0 Å². The first kappa shape index (κ1) is 17.3. The highest BCUT2D eigenvalue weighted by Crippen LogP contribution is 2.19. The number of aryl methyl sites for hydroxylation is 1. The zero-order valence-electron chi connectivity index (χ0n) is 14.2. The topological polar surface area (TPSA) is 36.9 Å². The SMILES string of the molecule is CCN(Cc1ccc(C#N)cc1F)Cn1c(=S)n(C)c2ccccc21. The van der Waals surface area contributed by atoms with Gasteiger partial charge in [0, 0.05) is 19.2 Å². The molecule has 1 heterocycles. The Kier molecular flexibility index (Phi) is 4.98. The average molecular weight is 354 g/mol. The van der Waals surface area contributed by atoms with Crippen molar-refractivity contribution in [1.82, 2.24) is 14.0 Å². The van der Waals surface area contributed by atoms with Crippen molar-refractivity contribution in [2.75, 3.05) is 6.54 Å². The second-order valence-corrected chi connectivity index (χ2v) is 6.33. The minimum Gasteiger partial charge on any atom is -0.320 e. The summed E-state index contributed by atoms with van der Waals surface area (Å²) < 4.78 is 19.0. The van der Waals surface area contributed by atoms with Gasteiger partial charge >= 0.3 is 0 Å². The summed E-state index contributed by atoms with van der Waals surface area (Å²) in [6, 6.07) is 14.6. The highest BCUT2D eigenvalue weighted by atomic mass is 32.1. The van der Waals surface area contributed by atoms with Gasteiger partial charge in [-0.3, -0.25) is 4.90 Å². The maximum absolute atomic E-state index is 14.2. The molecule has 3 aromatic rings. The summed E-state index contributed by atoms with van der Waals surface area (Å²) in [5.41, 5.74) is 3.05. The normalized spacial score (nSPS) is 11.2. The lowest BCUT2D eigenvalue weighted by molar-refractivity contribution is 0.219. The zero-order chi connectivity index (χ0) is 18.0. The number of rotatable bonds is 5. The highest BCUT2D eigenvalue weighted by Gasteiger charge is 2.13. The van der Waals surface area contributed by atoms with Gasteiger partial charge in [0.25, 0.3) is 0 Å². The van der Waals surface area contributed by atoms with Gasteiger partial charge in [-0.2, -0.15) is 5.26 Å². The van der Waals surface area contributed by atoms with Gasteiger partial charge < -0.3 is 9.13 Å². The molecule has 0 bridgehead atoms. The van der Waals surface area contributed by atoms with Gasteiger partial charge in [-0.1, -0.05) is 25.1 Å². The summed E-state index contributed by atoms with van der Waals surface area (Å²) in [7, 11) is 1.96. The number of nitriles is 1. The third kappa shape index (κ3) is 3.34. The molecule has 0 aliphatic heterocycles. The molecule has 1 aromatic heterocycles. The van der Waals surface area contributed by atoms with E-state index in [1.807, 2.05) is 48.9 Å². The van der Waals surface area contributed by atoms with Crippen molar-refractivity contribution in [3.8, 4) is 6.07 Å². The van der Waals surface area contributed by atoms with E-state index < -0.39 is 0 Å². The summed E-state index contributed by atoms with van der Waals surface area (Å²) in [5, 5.41) is 8.86. The molecule has 0 saturated heterocycles. The Labute approximate surface area is 151 Å². The Balaban J connectivity index is 1.90. The highest BCUT2D eigenvalue weighted by molar-refractivity contribution is 7.71. The first-order valence-corrected chi connectivity index (χ1v) is 8.51. The Morgan fingerprint density at radius 3 is 2.56 bits per heavy atom. The Morgan fingerprint density at radius 1 is 1.20 bits per heavy atom. The molecule has 0 atom stereocenters. The van der Waals surface area contributed by atoms with Crippen LogP contribution >= 0.6 is 12.2 Å². The van der Waals surface area contributed by atoms with Crippen LogP contribution in [0.1, 0.15) is 18.1 Å². The summed E-state index contributed by atoms with van der Waals surface area (Å²) in [6.45, 7) is 3.83. The van der Waals surface area contributed by atoms with E-state index in [9.17, 15) is 4.39 Å². The van der Waals surface area contributed by atoms with Crippen LogP contribution in [0.15, 0.2) is 42.5 Å². The second kappa shape index (κ2) is 7.18. The quantitative estimate of drug-likeness (QED) is 0.645. The van der Waals surface area contributed by atoms with E-state index in [2.05, 4.69) is 9.47 Å². The standard InChI is InChI=1S/C19H19FN4S/c1-3-23(12-15-9-8-14(11-21)10-16(15)20)13-24-18-7-5-4-6-17(18)22(2)19(24)25/h4-10H,3,12-13H2,1-2H3. The number of hydrogen-bond acceptors (Lipinski definition) is 3. The van der Waals surface area contributed by atoms with Gasteiger partial charge in [-0.25, -0.2) is 4.39 Å². The van der Waals surface area contributed by atoms with E-state index in [0.717, 1.165) is 22.3 Å². The van der Waals surface area contributed by atoms with E-state index in [1.165, 1.54) is 6.07 Å². The molecule has 0 aliphatic rings. The second-order valence-electron chi connectivity index (χ2n) is 5.96. The molecule has 0 N–H and O–H groups in total. The lowest BCUT2D eigenvalue weighted by Gasteiger charge is -2.22. The van der Waals surface area contributed by atoms with Crippen molar-refractivity contribution in [3.05, 3.63) is 64.2 Å². The number of halogens is 1. The fraction of sp³-hybridized carbons (Fsp3) is 0.263. The lowest BCUT2D eigenvalue weighted by atomic mass is 10.1. The van der Waals surface area contributed by atoms with Gasteiger partial charge in [-0.05, 0) is 43.0 Å². The Bertz CT molecular complexity index is 1010. The maximum atomic E-state index is 14.2. The average Bonchev–Trinajstić information content (AvgIpc) is 2.87. The van der Waals surface area contributed by atoms with Crippen molar-refractivity contribution in [3.63, 3.8) is 0 Å². The molecular weight excluding hydrogens is 335 g/mol. The minimum absolute atomic E-state index is 0.334. The molecular formula is C19H19FN4S. The van der Waals surface area contributed by atoms with Crippen molar-refractivity contribution in [2.45, 2.75) is 20.1 Å². The third-order valence-electron chi connectivity index (χ3n) is 4.42. The summed E-state index contributed by atoms with van der Waals surface area (Å²) in [5.74, 6) is -0.348. The van der Waals surface area contributed by atoms with Gasteiger partial charge in [0.05, 0.1) is 29.3 Å². The van der Waals surface area contributed by atoms with E-state index in [4.69, 9.17) is 17.5 Å². The number of hydrogen-bond donors (Lipinski definition) is 0. The molecule has 128 valence electrons. The van der Waals surface area contributed by atoms with Crippen molar-refractivity contribution >= 4 is 23.3 Å². The first-order valence-electron chi connectivity index (χ1n) is 8.10. The molecule has 0 amide bonds. The molecule has 2 aromatic carbocycles. The Morgan fingerprint density at radius 2 is 1.92 bits per heavy atom. The van der Waals surface area contributed by atoms with Gasteiger partial charge in [0.1, 0.15) is 5.82 Å². The van der Waals surface area contributed by atoms with Gasteiger partial charge in [-0.15, -0.1) is 0 Å². The molecule has 4 nitrogen and oxygen atoms in total. The predicted octanol–water partition coefficient (Wildman–Crippen LogP) is 4.20. The van der Waals surface area contributed by atoms with E-state index in [1.54, 1.807) is 12.1 Å². The number of benzene rings is 2. The van der Waals surface area contributed by atoms with Crippen molar-refractivity contribution in [2.24, 2.45) is 7.05 Å². The first-order chi connectivity index (χ1) is 12.0. The van der Waals surface area contributed by atoms with E-state index >= 15 is 0 Å². The maximum Gasteiger partial charge on any atom is 0.181 e. The number of para-hydroxylation sites is 2. The lowest BCUT2D eigenvalue weighted by Crippen LogP contribution is -2.26. The van der Waals surface area contributed by atoms with Crippen LogP contribution in [0.3, 0.4) is 0 Å². The molecule has 0 aliphatic carbocycles. The molecule has 0 radical (unpaired) electrons. The van der Waals surface area contributed by atoms with Crippen LogP contribution in [-0.4, -0.2) is 20.6 Å². The van der Waals surface area contributed by atoms with Crippen LogP contribution in [0.5, 0.6) is 0 Å². The van der Waals surface area contributed by atoms with Gasteiger partial charge in [0.15, 0.2) is 4.77 Å².